The average Bonchev–Trinajstić information content (AvgIpc) is 3.15. The maximum atomic E-state index is 12.0. The van der Waals surface area contributed by atoms with Gasteiger partial charge in [0.2, 0.25) is 11.7 Å². The molecule has 0 aliphatic carbocycles. The number of methoxy groups -OCH3 is 2. The van der Waals surface area contributed by atoms with Crippen molar-refractivity contribution in [2.24, 2.45) is 0 Å². The molecule has 0 unspecified atom stereocenters. The maximum absolute atomic E-state index is 12.0. The minimum Gasteiger partial charge on any atom is -0.493 e. The summed E-state index contributed by atoms with van der Waals surface area (Å²) in [6, 6.07) is 5.30. The minimum absolute atomic E-state index is 0.0339. The molecule has 3 rings (SSSR count). The van der Waals surface area contributed by atoms with Crippen LogP contribution < -0.4 is 14.8 Å². The van der Waals surface area contributed by atoms with Gasteiger partial charge in [0.1, 0.15) is 6.54 Å². The van der Waals surface area contributed by atoms with E-state index in [9.17, 15) is 4.79 Å². The monoisotopic (exact) mass is 363 g/mol. The molecule has 1 fully saturated rings. The summed E-state index contributed by atoms with van der Waals surface area (Å²) >= 11 is 0. The number of nitrogens with zero attached hydrogens (tertiary/aromatic N) is 4. The highest BCUT2D eigenvalue weighted by molar-refractivity contribution is 5.75. The van der Waals surface area contributed by atoms with E-state index in [1.54, 1.807) is 32.4 Å². The van der Waals surface area contributed by atoms with Crippen LogP contribution >= 0.6 is 0 Å². The summed E-state index contributed by atoms with van der Waals surface area (Å²) in [5.41, 5.74) is 0.710. The van der Waals surface area contributed by atoms with Gasteiger partial charge < -0.3 is 24.3 Å². The van der Waals surface area contributed by atoms with Crippen molar-refractivity contribution in [1.82, 2.24) is 25.5 Å². The third-order valence-electron chi connectivity index (χ3n) is 3.79. The fraction of sp³-hybridized carbons (Fsp3) is 0.500. The number of hydrogen-bond donors (Lipinski definition) is 1. The van der Waals surface area contributed by atoms with Gasteiger partial charge in [-0.2, -0.15) is 4.80 Å². The molecular weight excluding hydrogens is 342 g/mol. The summed E-state index contributed by atoms with van der Waals surface area (Å²) in [5, 5.41) is 14.9. The molecule has 10 heteroatoms. The van der Waals surface area contributed by atoms with Crippen molar-refractivity contribution in [3.8, 4) is 22.9 Å². The van der Waals surface area contributed by atoms with Crippen LogP contribution in [-0.2, 0) is 20.8 Å². The van der Waals surface area contributed by atoms with Crippen LogP contribution in [0.4, 0.5) is 0 Å². The molecule has 1 aromatic carbocycles. The molecule has 140 valence electrons. The van der Waals surface area contributed by atoms with Crippen molar-refractivity contribution in [2.45, 2.75) is 12.6 Å². The lowest BCUT2D eigenvalue weighted by atomic mass is 10.2. The summed E-state index contributed by atoms with van der Waals surface area (Å²) in [4.78, 5) is 13.2. The summed E-state index contributed by atoms with van der Waals surface area (Å²) < 4.78 is 21.2. The summed E-state index contributed by atoms with van der Waals surface area (Å²) in [6.45, 7) is 1.96. The Morgan fingerprint density at radius 3 is 2.88 bits per heavy atom. The molecule has 1 aromatic heterocycles. The topological polar surface area (TPSA) is 110 Å². The zero-order valence-corrected chi connectivity index (χ0v) is 14.7. The molecular formula is C16H21N5O5. The van der Waals surface area contributed by atoms with Gasteiger partial charge in [0.25, 0.3) is 0 Å². The van der Waals surface area contributed by atoms with Crippen molar-refractivity contribution < 1.29 is 23.7 Å². The molecule has 2 aromatic rings. The molecule has 0 saturated carbocycles. The lowest BCUT2D eigenvalue weighted by molar-refractivity contribution is -0.124. The predicted molar refractivity (Wildman–Crippen MR) is 89.9 cm³/mol. The first-order chi connectivity index (χ1) is 12.7. The van der Waals surface area contributed by atoms with Crippen LogP contribution in [0.1, 0.15) is 0 Å². The lowest BCUT2D eigenvalue weighted by Gasteiger charge is -2.22. The normalized spacial score (nSPS) is 16.9. The number of tetrazole rings is 1. The largest absolute Gasteiger partial charge is 0.493 e. The fourth-order valence-electron chi connectivity index (χ4n) is 2.47. The summed E-state index contributed by atoms with van der Waals surface area (Å²) in [6.07, 6.45) is -0.126. The van der Waals surface area contributed by atoms with Gasteiger partial charge in [-0.1, -0.05) is 0 Å². The Morgan fingerprint density at radius 1 is 1.31 bits per heavy atom. The van der Waals surface area contributed by atoms with Crippen LogP contribution in [0.3, 0.4) is 0 Å². The Morgan fingerprint density at radius 2 is 2.15 bits per heavy atom. The zero-order valence-electron chi connectivity index (χ0n) is 14.7. The van der Waals surface area contributed by atoms with E-state index in [0.717, 1.165) is 0 Å². The maximum Gasteiger partial charge on any atom is 0.243 e. The molecule has 1 aliphatic rings. The number of aromatic nitrogens is 4. The van der Waals surface area contributed by atoms with Crippen molar-refractivity contribution in [3.63, 3.8) is 0 Å². The first kappa shape index (κ1) is 18.1. The number of amides is 1. The molecule has 0 spiro atoms. The Balaban J connectivity index is 1.58. The van der Waals surface area contributed by atoms with E-state index in [-0.39, 0.29) is 18.6 Å². The van der Waals surface area contributed by atoms with Gasteiger partial charge in [-0.3, -0.25) is 4.79 Å². The molecule has 1 atom stereocenters. The van der Waals surface area contributed by atoms with Crippen LogP contribution in [-0.4, -0.2) is 72.8 Å². The van der Waals surface area contributed by atoms with Crippen LogP contribution in [0.2, 0.25) is 0 Å². The van der Waals surface area contributed by atoms with E-state index in [2.05, 4.69) is 20.7 Å². The molecule has 1 aliphatic heterocycles. The smallest absolute Gasteiger partial charge is 0.243 e. The molecule has 1 amide bonds. The third kappa shape index (κ3) is 4.46. The van der Waals surface area contributed by atoms with Crippen molar-refractivity contribution >= 4 is 5.91 Å². The highest BCUT2D eigenvalue weighted by Crippen LogP contribution is 2.30. The van der Waals surface area contributed by atoms with Gasteiger partial charge in [-0.15, -0.1) is 10.2 Å². The predicted octanol–water partition coefficient (Wildman–Crippen LogP) is -0.111. The van der Waals surface area contributed by atoms with Crippen molar-refractivity contribution in [1.29, 1.82) is 0 Å². The van der Waals surface area contributed by atoms with E-state index in [1.807, 2.05) is 0 Å². The third-order valence-corrected chi connectivity index (χ3v) is 3.79. The Kier molecular flexibility index (Phi) is 5.97. The first-order valence-electron chi connectivity index (χ1n) is 8.16. The highest BCUT2D eigenvalue weighted by atomic mass is 16.6. The van der Waals surface area contributed by atoms with Crippen LogP contribution in [0.5, 0.6) is 11.5 Å². The summed E-state index contributed by atoms with van der Waals surface area (Å²) in [5.74, 6) is 1.34. The number of nitrogens with one attached hydrogen (secondary N) is 1. The van der Waals surface area contributed by atoms with Gasteiger partial charge in [0, 0.05) is 12.1 Å². The molecule has 26 heavy (non-hydrogen) atoms. The second-order valence-electron chi connectivity index (χ2n) is 5.59. The lowest BCUT2D eigenvalue weighted by Crippen LogP contribution is -2.40. The summed E-state index contributed by atoms with van der Waals surface area (Å²) in [7, 11) is 3.12. The van der Waals surface area contributed by atoms with E-state index in [0.29, 0.717) is 49.3 Å². The first-order valence-corrected chi connectivity index (χ1v) is 8.16. The second-order valence-corrected chi connectivity index (χ2v) is 5.59. The highest BCUT2D eigenvalue weighted by Gasteiger charge is 2.16. The van der Waals surface area contributed by atoms with Gasteiger partial charge in [-0.05, 0) is 23.4 Å². The van der Waals surface area contributed by atoms with Crippen molar-refractivity contribution in [2.75, 3.05) is 40.6 Å². The van der Waals surface area contributed by atoms with E-state index >= 15 is 0 Å². The SMILES string of the molecule is COc1ccc(-c2nnn(CC(=O)NC[C@@H]3COCCO3)n2)cc1OC. The van der Waals surface area contributed by atoms with Crippen LogP contribution in [0.15, 0.2) is 18.2 Å². The van der Waals surface area contributed by atoms with E-state index in [1.165, 1.54) is 4.80 Å². The zero-order chi connectivity index (χ0) is 18.4. The minimum atomic E-state index is -0.226. The average molecular weight is 363 g/mol. The molecule has 1 N–H and O–H groups in total. The number of carbonyl (C=O) groups is 1. The number of rotatable bonds is 7. The number of ether oxygens (including phenoxy) is 4. The standard InChI is InChI=1S/C16H21N5O5/c1-23-13-4-3-11(7-14(13)24-2)16-18-20-21(19-16)9-15(22)17-8-12-10-25-5-6-26-12/h3-4,7,12H,5-6,8-10H2,1-2H3,(H,17,22)/t12-/m1/s1. The van der Waals surface area contributed by atoms with Gasteiger partial charge in [0.15, 0.2) is 11.5 Å². The van der Waals surface area contributed by atoms with Gasteiger partial charge in [0.05, 0.1) is 40.1 Å². The Hall–Kier alpha value is -2.72. The van der Waals surface area contributed by atoms with Crippen LogP contribution in [0, 0.1) is 0 Å². The van der Waals surface area contributed by atoms with Gasteiger partial charge in [-0.25, -0.2) is 0 Å². The number of benzene rings is 1. The van der Waals surface area contributed by atoms with Crippen molar-refractivity contribution in [3.05, 3.63) is 18.2 Å². The number of carbonyl (C=O) groups excluding carboxylic acids is 1. The van der Waals surface area contributed by atoms with E-state index < -0.39 is 0 Å². The molecule has 10 nitrogen and oxygen atoms in total. The molecule has 1 saturated heterocycles. The van der Waals surface area contributed by atoms with Gasteiger partial charge >= 0.3 is 0 Å². The second kappa shape index (κ2) is 8.59. The molecule has 2 heterocycles. The Labute approximate surface area is 150 Å². The van der Waals surface area contributed by atoms with E-state index in [4.69, 9.17) is 18.9 Å². The molecule has 0 bridgehead atoms. The number of hydrogen-bond acceptors (Lipinski definition) is 8. The van der Waals surface area contributed by atoms with Crippen LogP contribution in [0.25, 0.3) is 11.4 Å². The Bertz CT molecular complexity index is 744. The molecule has 0 radical (unpaired) electrons. The quantitative estimate of drug-likeness (QED) is 0.726. The fourth-order valence-corrected chi connectivity index (χ4v) is 2.47.